The predicted molar refractivity (Wildman–Crippen MR) is 202 cm³/mol. The average Bonchev–Trinajstić information content (AvgIpc) is 3.52. The summed E-state index contributed by atoms with van der Waals surface area (Å²) in [5, 5.41) is 109. The summed E-state index contributed by atoms with van der Waals surface area (Å²) in [7, 11) is 0. The molecule has 21 atom stereocenters. The van der Waals surface area contributed by atoms with Crippen molar-refractivity contribution >= 4 is 0 Å². The third-order valence-electron chi connectivity index (χ3n) is 16.6. The Morgan fingerprint density at radius 1 is 0.750 bits per heavy atom. The number of fused-ring (bicyclic) bond motifs is 5. The van der Waals surface area contributed by atoms with Crippen LogP contribution in [-0.2, 0) is 18.9 Å². The van der Waals surface area contributed by atoms with Gasteiger partial charge < -0.3 is 70.0 Å². The van der Waals surface area contributed by atoms with E-state index in [1.54, 1.807) is 0 Å². The first-order valence-electron chi connectivity index (χ1n) is 21.0. The van der Waals surface area contributed by atoms with Gasteiger partial charge in [0.25, 0.3) is 0 Å². The minimum atomic E-state index is -1.61. The fraction of sp³-hybridized carbons (Fsp3) is 0.952. The highest BCUT2D eigenvalue weighted by Gasteiger charge is 2.74. The van der Waals surface area contributed by atoms with Crippen LogP contribution in [0.5, 0.6) is 0 Å². The first kappa shape index (κ1) is 44.7. The lowest BCUT2D eigenvalue weighted by molar-refractivity contribution is -0.349. The molecule has 6 rings (SSSR count). The predicted octanol–water partition coefficient (Wildman–Crippen LogP) is 1.12. The van der Waals surface area contributed by atoms with E-state index >= 15 is 0 Å². The van der Waals surface area contributed by atoms with Crippen LogP contribution in [0.25, 0.3) is 0 Å². The van der Waals surface area contributed by atoms with Crippen molar-refractivity contribution in [2.75, 3.05) is 13.2 Å². The van der Waals surface area contributed by atoms with Gasteiger partial charge in [0.15, 0.2) is 12.6 Å². The molecule has 0 aromatic heterocycles. The second kappa shape index (κ2) is 15.9. The van der Waals surface area contributed by atoms with Crippen LogP contribution < -0.4 is 0 Å². The highest BCUT2D eigenvalue weighted by molar-refractivity contribution is 5.22. The monoisotopic (exact) mass is 800 g/mol. The number of aliphatic hydroxyl groups excluding tert-OH is 10. The van der Waals surface area contributed by atoms with Crippen LogP contribution in [0.3, 0.4) is 0 Å². The molecule has 14 heteroatoms. The van der Waals surface area contributed by atoms with Crippen molar-refractivity contribution in [1.82, 2.24) is 0 Å². The van der Waals surface area contributed by atoms with Gasteiger partial charge in [-0.2, -0.15) is 0 Å². The van der Waals surface area contributed by atoms with Gasteiger partial charge in [-0.1, -0.05) is 46.3 Å². The van der Waals surface area contributed by atoms with Gasteiger partial charge in [0.2, 0.25) is 0 Å². The van der Waals surface area contributed by atoms with E-state index in [0.717, 1.165) is 12.0 Å². The Bertz CT molecular complexity index is 1400. The number of hydrogen-bond donors (Lipinski definition) is 10. The van der Waals surface area contributed by atoms with E-state index in [2.05, 4.69) is 26.8 Å². The molecule has 2 aliphatic heterocycles. The van der Waals surface area contributed by atoms with Gasteiger partial charge in [0, 0.05) is 0 Å². The maximum Gasteiger partial charge on any atom is 0.187 e. The van der Waals surface area contributed by atoms with E-state index < -0.39 is 120 Å². The van der Waals surface area contributed by atoms with E-state index in [1.165, 1.54) is 0 Å². The molecule has 14 nitrogen and oxygen atoms in total. The third kappa shape index (κ3) is 7.06. The van der Waals surface area contributed by atoms with Crippen LogP contribution in [-0.4, -0.2) is 150 Å². The SMILES string of the molecule is CC(C)=CCC[C@](C)(O[C@@H]1O[C@H](CO)[C@@H](O)[C@H](O)[C@H]1O)[C@H]1CCC2(C)[C@@H]1[C@H](O)C[C@@H]1[C@@]3(C)CC[C@H](O)C(C)(C)[C@@H]3[C@@H](O[C@@H]3O[C@H](CO)[C@@H](O)[C@H](O)[C@H]3O)C[C@]12C. The Hall–Kier alpha value is -0.820. The topological polar surface area (TPSA) is 239 Å². The normalized spacial score (nSPS) is 52.6. The number of rotatable bonds is 10. The molecule has 2 saturated heterocycles. The summed E-state index contributed by atoms with van der Waals surface area (Å²) in [6, 6.07) is 0. The lowest BCUT2D eigenvalue weighted by Gasteiger charge is -2.72. The van der Waals surface area contributed by atoms with Crippen LogP contribution in [0, 0.1) is 45.3 Å². The standard InChI is InChI=1S/C42H72O14/c1-20(2)10-9-13-42(8,56-37-34(52)32(50)30(48)25(19-44)55-37)21-11-15-40(6)28(21)22(45)16-26-39(5)14-12-27(46)38(3,4)35(39)23(17-41(26,40)7)53-36-33(51)31(49)29(47)24(18-43)54-36/h10,21-37,43-52H,9,11-19H2,1-8H3/t21-,22+,23-,24+,25+,26+,27-,28-,29+,30+,31-,32-,33+,34+,35-,36+,37-,39+,40?,41+,42-/m0/s1. The molecule has 6 fully saturated rings. The summed E-state index contributed by atoms with van der Waals surface area (Å²) in [6.07, 6.45) is -9.52. The fourth-order valence-electron chi connectivity index (χ4n) is 13.5. The zero-order valence-electron chi connectivity index (χ0n) is 34.6. The van der Waals surface area contributed by atoms with E-state index in [-0.39, 0.29) is 23.7 Å². The van der Waals surface area contributed by atoms with Gasteiger partial charge in [0.1, 0.15) is 48.8 Å². The summed E-state index contributed by atoms with van der Waals surface area (Å²) in [6.45, 7) is 15.7. The fourth-order valence-corrected chi connectivity index (χ4v) is 13.5. The second-order valence-corrected chi connectivity index (χ2v) is 20.2. The zero-order valence-corrected chi connectivity index (χ0v) is 34.6. The number of hydrogen-bond acceptors (Lipinski definition) is 14. The average molecular weight is 801 g/mol. The third-order valence-corrected chi connectivity index (χ3v) is 16.6. The molecule has 4 aliphatic carbocycles. The molecule has 2 heterocycles. The van der Waals surface area contributed by atoms with Crippen molar-refractivity contribution in [3.05, 3.63) is 11.6 Å². The molecule has 56 heavy (non-hydrogen) atoms. The van der Waals surface area contributed by atoms with Crippen molar-refractivity contribution in [1.29, 1.82) is 0 Å². The summed E-state index contributed by atoms with van der Waals surface area (Å²) in [5.74, 6) is -0.781. The summed E-state index contributed by atoms with van der Waals surface area (Å²) >= 11 is 0. The lowest BCUT2D eigenvalue weighted by atomic mass is 9.34. The summed E-state index contributed by atoms with van der Waals surface area (Å²) < 4.78 is 25.4. The molecule has 0 amide bonds. The molecule has 0 radical (unpaired) electrons. The molecule has 4 saturated carbocycles. The first-order chi connectivity index (χ1) is 26.0. The highest BCUT2D eigenvalue weighted by Crippen LogP contribution is 2.76. The van der Waals surface area contributed by atoms with Gasteiger partial charge in [-0.05, 0) is 117 Å². The van der Waals surface area contributed by atoms with Crippen molar-refractivity contribution in [3.8, 4) is 0 Å². The van der Waals surface area contributed by atoms with E-state index in [1.807, 2.05) is 34.6 Å². The van der Waals surface area contributed by atoms with Crippen LogP contribution in [0.2, 0.25) is 0 Å². The van der Waals surface area contributed by atoms with Gasteiger partial charge in [-0.25, -0.2) is 0 Å². The van der Waals surface area contributed by atoms with Gasteiger partial charge >= 0.3 is 0 Å². The largest absolute Gasteiger partial charge is 0.394 e. The molecule has 6 aliphatic rings. The molecule has 10 N–H and O–H groups in total. The minimum absolute atomic E-state index is 0.000258. The Morgan fingerprint density at radius 3 is 1.89 bits per heavy atom. The molecule has 0 aromatic rings. The Balaban J connectivity index is 1.39. The van der Waals surface area contributed by atoms with Gasteiger partial charge in [-0.15, -0.1) is 0 Å². The van der Waals surface area contributed by atoms with Crippen LogP contribution in [0.15, 0.2) is 11.6 Å². The molecule has 0 bridgehead atoms. The summed E-state index contributed by atoms with van der Waals surface area (Å²) in [4.78, 5) is 0. The molecule has 0 aromatic carbocycles. The maximum absolute atomic E-state index is 12.6. The number of aliphatic hydroxyl groups is 10. The number of allylic oxidation sites excluding steroid dienone is 2. The second-order valence-electron chi connectivity index (χ2n) is 20.2. The Morgan fingerprint density at radius 2 is 1.32 bits per heavy atom. The molecular formula is C42H72O14. The van der Waals surface area contributed by atoms with Gasteiger partial charge in [0.05, 0.1) is 37.1 Å². The van der Waals surface area contributed by atoms with Crippen molar-refractivity contribution in [2.24, 2.45) is 45.3 Å². The zero-order chi connectivity index (χ0) is 41.5. The minimum Gasteiger partial charge on any atom is -0.394 e. The van der Waals surface area contributed by atoms with Crippen molar-refractivity contribution in [3.63, 3.8) is 0 Å². The first-order valence-corrected chi connectivity index (χ1v) is 21.0. The maximum atomic E-state index is 12.6. The van der Waals surface area contributed by atoms with Crippen molar-refractivity contribution in [2.45, 2.75) is 192 Å². The van der Waals surface area contributed by atoms with Crippen LogP contribution >= 0.6 is 0 Å². The van der Waals surface area contributed by atoms with E-state index in [9.17, 15) is 51.1 Å². The quantitative estimate of drug-likeness (QED) is 0.110. The lowest BCUT2D eigenvalue weighted by Crippen LogP contribution is -2.71. The van der Waals surface area contributed by atoms with E-state index in [0.29, 0.717) is 44.9 Å². The Kier molecular flexibility index (Phi) is 12.7. The highest BCUT2D eigenvalue weighted by atomic mass is 16.7. The Labute approximate surface area is 331 Å². The molecule has 1 unspecified atom stereocenters. The van der Waals surface area contributed by atoms with Crippen molar-refractivity contribution < 1.29 is 70.0 Å². The molecular weight excluding hydrogens is 728 g/mol. The molecule has 324 valence electrons. The number of ether oxygens (including phenoxy) is 4. The van der Waals surface area contributed by atoms with Crippen LogP contribution in [0.1, 0.15) is 107 Å². The van der Waals surface area contributed by atoms with Crippen LogP contribution in [0.4, 0.5) is 0 Å². The molecule has 0 spiro atoms. The summed E-state index contributed by atoms with van der Waals surface area (Å²) in [5.41, 5.74) is -1.92. The van der Waals surface area contributed by atoms with E-state index in [4.69, 9.17) is 18.9 Å². The van der Waals surface area contributed by atoms with Gasteiger partial charge in [-0.3, -0.25) is 0 Å². The smallest absolute Gasteiger partial charge is 0.187 e.